The van der Waals surface area contributed by atoms with Crippen LogP contribution in [0, 0.1) is 0 Å². The normalized spacial score (nSPS) is 15.4. The van der Waals surface area contributed by atoms with E-state index >= 15 is 0 Å². The highest BCUT2D eigenvalue weighted by atomic mass is 16.5. The number of piperazine rings is 1. The Kier molecular flexibility index (Phi) is 7.03. The van der Waals surface area contributed by atoms with Crippen molar-refractivity contribution in [2.75, 3.05) is 45.9 Å². The topological polar surface area (TPSA) is 59.1 Å². The van der Waals surface area contributed by atoms with Crippen molar-refractivity contribution < 1.29 is 19.1 Å². The summed E-state index contributed by atoms with van der Waals surface area (Å²) in [4.78, 5) is 26.9. The molecule has 1 aromatic carbocycles. The molecule has 6 nitrogen and oxygen atoms in total. The summed E-state index contributed by atoms with van der Waals surface area (Å²) in [6.07, 6.45) is 0. The molecule has 6 heteroatoms. The molecule has 1 saturated heterocycles. The van der Waals surface area contributed by atoms with Crippen molar-refractivity contribution in [1.82, 2.24) is 9.80 Å². The minimum atomic E-state index is -0.255. The van der Waals surface area contributed by atoms with E-state index < -0.39 is 0 Å². The summed E-state index contributed by atoms with van der Waals surface area (Å²) in [5, 5.41) is 0. The first kappa shape index (κ1) is 17.4. The van der Waals surface area contributed by atoms with Gasteiger partial charge in [-0.25, -0.2) is 0 Å². The van der Waals surface area contributed by atoms with Gasteiger partial charge < -0.3 is 14.4 Å². The number of carbonyl (C=O) groups excluding carboxylic acids is 2. The van der Waals surface area contributed by atoms with Gasteiger partial charge >= 0.3 is 5.97 Å². The van der Waals surface area contributed by atoms with Crippen molar-refractivity contribution in [2.24, 2.45) is 0 Å². The summed E-state index contributed by atoms with van der Waals surface area (Å²) in [5.41, 5.74) is 1.07. The van der Waals surface area contributed by atoms with Gasteiger partial charge in [0.1, 0.15) is 13.2 Å². The Labute approximate surface area is 137 Å². The van der Waals surface area contributed by atoms with E-state index in [4.69, 9.17) is 9.47 Å². The van der Waals surface area contributed by atoms with E-state index in [0.29, 0.717) is 32.8 Å². The molecule has 1 fully saturated rings. The molecule has 0 N–H and O–H groups in total. The maximum Gasteiger partial charge on any atom is 0.302 e. The Balaban J connectivity index is 1.60. The highest BCUT2D eigenvalue weighted by molar-refractivity contribution is 5.77. The van der Waals surface area contributed by atoms with Gasteiger partial charge in [-0.2, -0.15) is 0 Å². The van der Waals surface area contributed by atoms with Crippen LogP contribution in [0.5, 0.6) is 0 Å². The molecule has 0 spiro atoms. The molecule has 0 saturated carbocycles. The lowest BCUT2D eigenvalue weighted by Crippen LogP contribution is -2.50. The molecule has 0 aromatic heterocycles. The van der Waals surface area contributed by atoms with E-state index in [9.17, 15) is 9.59 Å². The fraction of sp³-hybridized carbons (Fsp3) is 0.529. The van der Waals surface area contributed by atoms with E-state index in [-0.39, 0.29) is 18.5 Å². The zero-order valence-corrected chi connectivity index (χ0v) is 13.6. The van der Waals surface area contributed by atoms with Crippen LogP contribution in [0.15, 0.2) is 30.3 Å². The molecule has 126 valence electrons. The lowest BCUT2D eigenvalue weighted by molar-refractivity contribution is -0.141. The second kappa shape index (κ2) is 9.27. The number of esters is 1. The summed E-state index contributed by atoms with van der Waals surface area (Å²) in [6, 6.07) is 9.82. The van der Waals surface area contributed by atoms with Gasteiger partial charge in [0.25, 0.3) is 0 Å². The van der Waals surface area contributed by atoms with Gasteiger partial charge in [0.2, 0.25) is 5.91 Å². The summed E-state index contributed by atoms with van der Waals surface area (Å²) in [6.45, 7) is 6.07. The SMILES string of the molecule is CC(=O)OCCN1CCN(C(=O)COCc2ccccc2)CC1. The fourth-order valence-electron chi connectivity index (χ4n) is 2.46. The van der Waals surface area contributed by atoms with Crippen LogP contribution in [0.2, 0.25) is 0 Å². The Morgan fingerprint density at radius 1 is 1.09 bits per heavy atom. The van der Waals surface area contributed by atoms with Gasteiger partial charge in [0.15, 0.2) is 0 Å². The van der Waals surface area contributed by atoms with Crippen LogP contribution >= 0.6 is 0 Å². The number of rotatable bonds is 7. The number of hydrogen-bond donors (Lipinski definition) is 0. The largest absolute Gasteiger partial charge is 0.465 e. The quantitative estimate of drug-likeness (QED) is 0.699. The van der Waals surface area contributed by atoms with Crippen molar-refractivity contribution in [1.29, 1.82) is 0 Å². The molecule has 1 heterocycles. The summed E-state index contributed by atoms with van der Waals surface area (Å²) >= 11 is 0. The first-order chi connectivity index (χ1) is 11.1. The van der Waals surface area contributed by atoms with Crippen molar-refractivity contribution in [3.63, 3.8) is 0 Å². The van der Waals surface area contributed by atoms with E-state index in [1.54, 1.807) is 0 Å². The second-order valence-corrected chi connectivity index (χ2v) is 5.54. The van der Waals surface area contributed by atoms with E-state index in [2.05, 4.69) is 4.90 Å². The molecule has 0 radical (unpaired) electrons. The summed E-state index contributed by atoms with van der Waals surface area (Å²) in [7, 11) is 0. The maximum absolute atomic E-state index is 12.1. The monoisotopic (exact) mass is 320 g/mol. The second-order valence-electron chi connectivity index (χ2n) is 5.54. The first-order valence-electron chi connectivity index (χ1n) is 7.90. The number of carbonyl (C=O) groups is 2. The van der Waals surface area contributed by atoms with Gasteiger partial charge in [0.05, 0.1) is 6.61 Å². The molecule has 0 unspecified atom stereocenters. The van der Waals surface area contributed by atoms with Crippen LogP contribution in [0.1, 0.15) is 12.5 Å². The van der Waals surface area contributed by atoms with Crippen LogP contribution in [0.3, 0.4) is 0 Å². The maximum atomic E-state index is 12.1. The highest BCUT2D eigenvalue weighted by Gasteiger charge is 2.20. The standard InChI is InChI=1S/C17H24N2O4/c1-15(20)23-12-11-18-7-9-19(10-8-18)17(21)14-22-13-16-5-3-2-4-6-16/h2-6H,7-14H2,1H3. The average Bonchev–Trinajstić information content (AvgIpc) is 2.56. The van der Waals surface area contributed by atoms with Crippen LogP contribution in [0.25, 0.3) is 0 Å². The van der Waals surface area contributed by atoms with E-state index in [1.165, 1.54) is 6.92 Å². The summed E-state index contributed by atoms with van der Waals surface area (Å²) in [5.74, 6) is -0.227. The number of ether oxygens (including phenoxy) is 2. The van der Waals surface area contributed by atoms with Crippen molar-refractivity contribution >= 4 is 11.9 Å². The van der Waals surface area contributed by atoms with Crippen molar-refractivity contribution in [2.45, 2.75) is 13.5 Å². The summed E-state index contributed by atoms with van der Waals surface area (Å²) < 4.78 is 10.4. The van der Waals surface area contributed by atoms with Crippen LogP contribution < -0.4 is 0 Å². The smallest absolute Gasteiger partial charge is 0.302 e. The number of hydrogen-bond acceptors (Lipinski definition) is 5. The molecule has 0 bridgehead atoms. The first-order valence-corrected chi connectivity index (χ1v) is 7.90. The van der Waals surface area contributed by atoms with E-state index in [0.717, 1.165) is 18.7 Å². The minimum Gasteiger partial charge on any atom is -0.465 e. The predicted molar refractivity (Wildman–Crippen MR) is 85.8 cm³/mol. The van der Waals surface area contributed by atoms with Gasteiger partial charge in [-0.15, -0.1) is 0 Å². The Morgan fingerprint density at radius 3 is 2.43 bits per heavy atom. The van der Waals surface area contributed by atoms with Gasteiger partial charge in [0, 0.05) is 39.6 Å². The van der Waals surface area contributed by atoms with Crippen LogP contribution in [-0.4, -0.2) is 67.6 Å². The third kappa shape index (κ3) is 6.38. The van der Waals surface area contributed by atoms with Gasteiger partial charge in [-0.05, 0) is 5.56 Å². The lowest BCUT2D eigenvalue weighted by Gasteiger charge is -2.34. The molecule has 1 aromatic rings. The molecule has 1 amide bonds. The number of benzene rings is 1. The minimum absolute atomic E-state index is 0.0283. The number of amides is 1. The molecule has 0 aliphatic carbocycles. The Bertz CT molecular complexity index is 499. The van der Waals surface area contributed by atoms with Crippen molar-refractivity contribution in [3.8, 4) is 0 Å². The highest BCUT2D eigenvalue weighted by Crippen LogP contribution is 2.04. The van der Waals surface area contributed by atoms with Gasteiger partial charge in [-0.1, -0.05) is 30.3 Å². The van der Waals surface area contributed by atoms with Crippen LogP contribution in [-0.2, 0) is 25.7 Å². The molecule has 2 rings (SSSR count). The molecular formula is C17H24N2O4. The Morgan fingerprint density at radius 2 is 1.78 bits per heavy atom. The van der Waals surface area contributed by atoms with Crippen molar-refractivity contribution in [3.05, 3.63) is 35.9 Å². The third-order valence-corrected chi connectivity index (χ3v) is 3.77. The Hall–Kier alpha value is -1.92. The number of nitrogens with zero attached hydrogens (tertiary/aromatic N) is 2. The van der Waals surface area contributed by atoms with E-state index in [1.807, 2.05) is 35.2 Å². The zero-order valence-electron chi connectivity index (χ0n) is 13.6. The average molecular weight is 320 g/mol. The molecular weight excluding hydrogens is 296 g/mol. The predicted octanol–water partition coefficient (Wildman–Crippen LogP) is 0.910. The molecule has 1 aliphatic rings. The zero-order chi connectivity index (χ0) is 16.5. The molecule has 23 heavy (non-hydrogen) atoms. The third-order valence-electron chi connectivity index (χ3n) is 3.77. The fourth-order valence-corrected chi connectivity index (χ4v) is 2.46. The van der Waals surface area contributed by atoms with Gasteiger partial charge in [-0.3, -0.25) is 14.5 Å². The lowest BCUT2D eigenvalue weighted by atomic mass is 10.2. The van der Waals surface area contributed by atoms with Crippen LogP contribution in [0.4, 0.5) is 0 Å². The molecule has 1 aliphatic heterocycles. The molecule has 0 atom stereocenters.